The number of nitrogens with two attached hydrogens (primary N) is 1. The van der Waals surface area contributed by atoms with Gasteiger partial charge in [-0.1, -0.05) is 0 Å². The minimum absolute atomic E-state index is 0.122. The fraction of sp³-hybridized carbons (Fsp3) is 0.444. The number of rotatable bonds is 3. The van der Waals surface area contributed by atoms with Gasteiger partial charge in [-0.05, 0) is 40.9 Å². The predicted molar refractivity (Wildman–Crippen MR) is 56.6 cm³/mol. The Morgan fingerprint density at radius 3 is 2.92 bits per heavy atom. The van der Waals surface area contributed by atoms with Gasteiger partial charge in [-0.2, -0.15) is 0 Å². The molecule has 0 aliphatic heterocycles. The van der Waals surface area contributed by atoms with Crippen LogP contribution in [0.25, 0.3) is 0 Å². The zero-order chi connectivity index (χ0) is 9.31. The van der Waals surface area contributed by atoms with Crippen LogP contribution in [0, 0.1) is 0 Å². The fourth-order valence-electron chi connectivity index (χ4n) is 1.26. The van der Waals surface area contributed by atoms with Crippen molar-refractivity contribution in [2.45, 2.75) is 18.4 Å². The summed E-state index contributed by atoms with van der Waals surface area (Å²) in [6.45, 7) is 0.677. The lowest BCUT2D eigenvalue weighted by Crippen LogP contribution is -2.31. The SMILES string of the molecule is NCC1(Nc2ncccc2Br)CC1. The highest BCUT2D eigenvalue weighted by Crippen LogP contribution is 2.38. The second-order valence-electron chi connectivity index (χ2n) is 3.44. The molecule has 1 aliphatic carbocycles. The first kappa shape index (κ1) is 8.97. The second kappa shape index (κ2) is 3.27. The molecule has 0 aromatic carbocycles. The lowest BCUT2D eigenvalue weighted by Gasteiger charge is -2.16. The lowest BCUT2D eigenvalue weighted by atomic mass is 10.3. The first-order valence-corrected chi connectivity index (χ1v) is 5.14. The van der Waals surface area contributed by atoms with Crippen molar-refractivity contribution in [1.82, 2.24) is 4.98 Å². The van der Waals surface area contributed by atoms with E-state index >= 15 is 0 Å². The van der Waals surface area contributed by atoms with E-state index in [0.717, 1.165) is 23.1 Å². The van der Waals surface area contributed by atoms with Gasteiger partial charge in [-0.15, -0.1) is 0 Å². The zero-order valence-electron chi connectivity index (χ0n) is 7.26. The molecule has 2 rings (SSSR count). The van der Waals surface area contributed by atoms with E-state index in [1.54, 1.807) is 6.20 Å². The number of aromatic nitrogens is 1. The first-order chi connectivity index (χ1) is 6.26. The minimum atomic E-state index is 0.122. The van der Waals surface area contributed by atoms with Crippen molar-refractivity contribution in [2.24, 2.45) is 5.73 Å². The Bertz CT molecular complexity index is 309. The molecule has 1 aromatic heterocycles. The molecule has 0 radical (unpaired) electrons. The van der Waals surface area contributed by atoms with Gasteiger partial charge in [0.05, 0.1) is 10.0 Å². The van der Waals surface area contributed by atoms with Crippen LogP contribution in [0.1, 0.15) is 12.8 Å². The van der Waals surface area contributed by atoms with Crippen molar-refractivity contribution >= 4 is 21.7 Å². The molecular formula is C9H12BrN3. The Hall–Kier alpha value is -0.610. The van der Waals surface area contributed by atoms with E-state index in [9.17, 15) is 0 Å². The Morgan fingerprint density at radius 2 is 2.38 bits per heavy atom. The van der Waals surface area contributed by atoms with Crippen LogP contribution in [-0.4, -0.2) is 17.1 Å². The molecule has 70 valence electrons. The zero-order valence-corrected chi connectivity index (χ0v) is 8.84. The molecule has 1 aromatic rings. The van der Waals surface area contributed by atoms with Gasteiger partial charge in [-0.25, -0.2) is 4.98 Å². The fourth-order valence-corrected chi connectivity index (χ4v) is 1.61. The molecule has 1 heterocycles. The highest BCUT2D eigenvalue weighted by atomic mass is 79.9. The predicted octanol–water partition coefficient (Wildman–Crippen LogP) is 1.75. The van der Waals surface area contributed by atoms with Crippen LogP contribution in [0.5, 0.6) is 0 Å². The summed E-state index contributed by atoms with van der Waals surface area (Å²) in [4.78, 5) is 4.24. The van der Waals surface area contributed by atoms with Crippen LogP contribution in [0.15, 0.2) is 22.8 Å². The van der Waals surface area contributed by atoms with Crippen molar-refractivity contribution in [2.75, 3.05) is 11.9 Å². The summed E-state index contributed by atoms with van der Waals surface area (Å²) in [6.07, 6.45) is 4.07. The average molecular weight is 242 g/mol. The third kappa shape index (κ3) is 1.84. The summed E-state index contributed by atoms with van der Waals surface area (Å²) in [5.74, 6) is 0.894. The van der Waals surface area contributed by atoms with Crippen LogP contribution >= 0.6 is 15.9 Å². The molecule has 1 saturated carbocycles. The lowest BCUT2D eigenvalue weighted by molar-refractivity contribution is 0.736. The number of pyridine rings is 1. The standard InChI is InChI=1S/C9H12BrN3/c10-7-2-1-5-12-8(7)13-9(6-11)3-4-9/h1-2,5H,3-4,6,11H2,(H,12,13). The number of hydrogen-bond acceptors (Lipinski definition) is 3. The van der Waals surface area contributed by atoms with Gasteiger partial charge < -0.3 is 11.1 Å². The summed E-state index contributed by atoms with van der Waals surface area (Å²) in [6, 6.07) is 3.87. The van der Waals surface area contributed by atoms with E-state index in [1.807, 2.05) is 12.1 Å². The van der Waals surface area contributed by atoms with E-state index in [1.165, 1.54) is 0 Å². The quantitative estimate of drug-likeness (QED) is 0.848. The van der Waals surface area contributed by atoms with Crippen molar-refractivity contribution in [3.8, 4) is 0 Å². The van der Waals surface area contributed by atoms with Gasteiger partial charge in [0.25, 0.3) is 0 Å². The molecule has 0 atom stereocenters. The van der Waals surface area contributed by atoms with Crippen LogP contribution in [0.4, 0.5) is 5.82 Å². The van der Waals surface area contributed by atoms with Crippen LogP contribution in [0.2, 0.25) is 0 Å². The molecule has 1 fully saturated rings. The minimum Gasteiger partial charge on any atom is -0.362 e. The van der Waals surface area contributed by atoms with Gasteiger partial charge in [0.1, 0.15) is 5.82 Å². The topological polar surface area (TPSA) is 50.9 Å². The Balaban J connectivity index is 2.14. The van der Waals surface area contributed by atoms with E-state index < -0.39 is 0 Å². The maximum absolute atomic E-state index is 5.66. The van der Waals surface area contributed by atoms with E-state index in [2.05, 4.69) is 26.2 Å². The maximum Gasteiger partial charge on any atom is 0.140 e. The molecule has 0 bridgehead atoms. The highest BCUT2D eigenvalue weighted by Gasteiger charge is 2.41. The number of nitrogens with one attached hydrogen (secondary N) is 1. The molecular weight excluding hydrogens is 230 g/mol. The number of halogens is 1. The number of anilines is 1. The van der Waals surface area contributed by atoms with Gasteiger partial charge >= 0.3 is 0 Å². The van der Waals surface area contributed by atoms with Crippen LogP contribution in [0.3, 0.4) is 0 Å². The molecule has 0 spiro atoms. The first-order valence-electron chi connectivity index (χ1n) is 4.35. The van der Waals surface area contributed by atoms with Crippen LogP contribution < -0.4 is 11.1 Å². The van der Waals surface area contributed by atoms with Gasteiger partial charge in [-0.3, -0.25) is 0 Å². The summed E-state index contributed by atoms with van der Waals surface area (Å²) in [7, 11) is 0. The number of hydrogen-bond donors (Lipinski definition) is 2. The monoisotopic (exact) mass is 241 g/mol. The molecule has 1 aliphatic rings. The van der Waals surface area contributed by atoms with Crippen molar-refractivity contribution in [3.05, 3.63) is 22.8 Å². The van der Waals surface area contributed by atoms with Crippen molar-refractivity contribution < 1.29 is 0 Å². The molecule has 3 nitrogen and oxygen atoms in total. The highest BCUT2D eigenvalue weighted by molar-refractivity contribution is 9.10. The summed E-state index contributed by atoms with van der Waals surface area (Å²) in [5.41, 5.74) is 5.78. The average Bonchev–Trinajstić information content (AvgIpc) is 2.90. The Morgan fingerprint density at radius 1 is 1.62 bits per heavy atom. The van der Waals surface area contributed by atoms with Crippen LogP contribution in [-0.2, 0) is 0 Å². The van der Waals surface area contributed by atoms with Gasteiger partial charge in [0.2, 0.25) is 0 Å². The smallest absolute Gasteiger partial charge is 0.140 e. The molecule has 3 N–H and O–H groups in total. The van der Waals surface area contributed by atoms with E-state index in [-0.39, 0.29) is 5.54 Å². The van der Waals surface area contributed by atoms with Gasteiger partial charge in [0.15, 0.2) is 0 Å². The molecule has 0 amide bonds. The van der Waals surface area contributed by atoms with Gasteiger partial charge in [0, 0.05) is 12.7 Å². The normalized spacial score (nSPS) is 18.3. The molecule has 13 heavy (non-hydrogen) atoms. The third-order valence-corrected chi connectivity index (χ3v) is 3.03. The summed E-state index contributed by atoms with van der Waals surface area (Å²) >= 11 is 3.44. The summed E-state index contributed by atoms with van der Waals surface area (Å²) < 4.78 is 0.995. The summed E-state index contributed by atoms with van der Waals surface area (Å²) in [5, 5.41) is 3.36. The Labute approximate surface area is 85.9 Å². The van der Waals surface area contributed by atoms with E-state index in [4.69, 9.17) is 5.73 Å². The second-order valence-corrected chi connectivity index (χ2v) is 4.30. The van der Waals surface area contributed by atoms with Crippen molar-refractivity contribution in [1.29, 1.82) is 0 Å². The Kier molecular flexibility index (Phi) is 2.26. The third-order valence-electron chi connectivity index (χ3n) is 2.39. The molecule has 0 unspecified atom stereocenters. The molecule has 4 heteroatoms. The van der Waals surface area contributed by atoms with E-state index in [0.29, 0.717) is 6.54 Å². The number of nitrogens with zero attached hydrogens (tertiary/aromatic N) is 1. The molecule has 0 saturated heterocycles. The van der Waals surface area contributed by atoms with Crippen molar-refractivity contribution in [3.63, 3.8) is 0 Å². The maximum atomic E-state index is 5.66. The largest absolute Gasteiger partial charge is 0.362 e.